The molecule has 2 aromatic carbocycles. The summed E-state index contributed by atoms with van der Waals surface area (Å²) in [4.78, 5) is 16.9. The standard InChI is InChI=1S/C22H23N3O3/c1-16-7-9-17(10-8-16)18-15-21(28-23-18)22(26)25-13-11-24(12-14-25)19-5-3-4-6-20(19)27-2/h3-10,15H,11-14H2,1-2H3. The molecule has 3 aromatic rings. The van der Waals surface area contributed by atoms with Crippen LogP contribution in [0.3, 0.4) is 0 Å². The Kier molecular flexibility index (Phi) is 5.02. The van der Waals surface area contributed by atoms with Crippen LogP contribution < -0.4 is 9.64 Å². The van der Waals surface area contributed by atoms with Crippen molar-refractivity contribution in [2.24, 2.45) is 0 Å². The van der Waals surface area contributed by atoms with Gasteiger partial charge in [-0.25, -0.2) is 0 Å². The number of piperazine rings is 1. The second kappa shape index (κ2) is 7.76. The Morgan fingerprint density at radius 2 is 1.75 bits per heavy atom. The van der Waals surface area contributed by atoms with Gasteiger partial charge in [0, 0.05) is 37.8 Å². The van der Waals surface area contributed by atoms with Gasteiger partial charge in [0.25, 0.3) is 5.91 Å². The van der Waals surface area contributed by atoms with Crippen LogP contribution in [0.1, 0.15) is 16.1 Å². The Labute approximate surface area is 164 Å². The Bertz CT molecular complexity index is 957. The number of para-hydroxylation sites is 2. The molecule has 0 unspecified atom stereocenters. The average molecular weight is 377 g/mol. The number of rotatable bonds is 4. The van der Waals surface area contributed by atoms with E-state index in [0.29, 0.717) is 18.8 Å². The molecule has 0 radical (unpaired) electrons. The van der Waals surface area contributed by atoms with Crippen LogP contribution in [0.2, 0.25) is 0 Å². The van der Waals surface area contributed by atoms with Crippen LogP contribution in [-0.4, -0.2) is 49.3 Å². The summed E-state index contributed by atoms with van der Waals surface area (Å²) in [5.41, 5.74) is 3.85. The van der Waals surface area contributed by atoms with Crippen molar-refractivity contribution in [2.75, 3.05) is 38.2 Å². The zero-order valence-electron chi connectivity index (χ0n) is 16.1. The topological polar surface area (TPSA) is 58.8 Å². The fourth-order valence-electron chi connectivity index (χ4n) is 3.43. The summed E-state index contributed by atoms with van der Waals surface area (Å²) >= 11 is 0. The van der Waals surface area contributed by atoms with Gasteiger partial charge in [0.05, 0.1) is 12.8 Å². The lowest BCUT2D eigenvalue weighted by molar-refractivity contribution is 0.0705. The SMILES string of the molecule is COc1ccccc1N1CCN(C(=O)c2cc(-c3ccc(C)cc3)no2)CC1. The summed E-state index contributed by atoms with van der Waals surface area (Å²) in [7, 11) is 1.67. The second-order valence-corrected chi connectivity index (χ2v) is 6.89. The van der Waals surface area contributed by atoms with Gasteiger partial charge in [0.15, 0.2) is 0 Å². The van der Waals surface area contributed by atoms with E-state index in [9.17, 15) is 4.79 Å². The van der Waals surface area contributed by atoms with E-state index >= 15 is 0 Å². The predicted octanol–water partition coefficient (Wildman–Crippen LogP) is 3.62. The van der Waals surface area contributed by atoms with Gasteiger partial charge in [-0.3, -0.25) is 4.79 Å². The lowest BCUT2D eigenvalue weighted by Crippen LogP contribution is -2.48. The minimum atomic E-state index is -0.120. The van der Waals surface area contributed by atoms with Gasteiger partial charge in [0.1, 0.15) is 11.4 Å². The molecule has 1 saturated heterocycles. The number of hydrogen-bond donors (Lipinski definition) is 0. The number of methoxy groups -OCH3 is 1. The van der Waals surface area contributed by atoms with Crippen molar-refractivity contribution in [3.63, 3.8) is 0 Å². The van der Waals surface area contributed by atoms with E-state index in [2.05, 4.69) is 10.1 Å². The first-order chi connectivity index (χ1) is 13.7. The summed E-state index contributed by atoms with van der Waals surface area (Å²) in [6, 6.07) is 17.7. The smallest absolute Gasteiger partial charge is 0.292 e. The first-order valence-electron chi connectivity index (χ1n) is 9.36. The molecule has 0 atom stereocenters. The number of aromatic nitrogens is 1. The molecule has 0 N–H and O–H groups in total. The highest BCUT2D eigenvalue weighted by atomic mass is 16.5. The maximum Gasteiger partial charge on any atom is 0.292 e. The summed E-state index contributed by atoms with van der Waals surface area (Å²) in [6.45, 7) is 4.76. The monoisotopic (exact) mass is 377 g/mol. The fraction of sp³-hybridized carbons (Fsp3) is 0.273. The maximum atomic E-state index is 12.8. The first-order valence-corrected chi connectivity index (χ1v) is 9.36. The van der Waals surface area contributed by atoms with Crippen LogP contribution in [0.5, 0.6) is 5.75 Å². The lowest BCUT2D eigenvalue weighted by Gasteiger charge is -2.36. The molecular formula is C22H23N3O3. The van der Waals surface area contributed by atoms with Gasteiger partial charge in [-0.1, -0.05) is 47.1 Å². The summed E-state index contributed by atoms with van der Waals surface area (Å²) in [5.74, 6) is 1.01. The molecule has 4 rings (SSSR count). The predicted molar refractivity (Wildman–Crippen MR) is 108 cm³/mol. The molecule has 1 fully saturated rings. The zero-order valence-corrected chi connectivity index (χ0v) is 16.1. The molecule has 0 bridgehead atoms. The minimum absolute atomic E-state index is 0.120. The molecule has 1 amide bonds. The number of carbonyl (C=O) groups is 1. The van der Waals surface area contributed by atoms with Crippen LogP contribution in [0.4, 0.5) is 5.69 Å². The summed E-state index contributed by atoms with van der Waals surface area (Å²) in [6.07, 6.45) is 0. The molecule has 6 nitrogen and oxygen atoms in total. The molecule has 1 aromatic heterocycles. The Morgan fingerprint density at radius 1 is 1.04 bits per heavy atom. The van der Waals surface area contributed by atoms with Crippen LogP contribution in [0.25, 0.3) is 11.3 Å². The van der Waals surface area contributed by atoms with E-state index in [4.69, 9.17) is 9.26 Å². The second-order valence-electron chi connectivity index (χ2n) is 6.89. The van der Waals surface area contributed by atoms with Crippen LogP contribution in [0.15, 0.2) is 59.1 Å². The zero-order chi connectivity index (χ0) is 19.5. The van der Waals surface area contributed by atoms with Crippen molar-refractivity contribution in [3.05, 3.63) is 65.9 Å². The maximum absolute atomic E-state index is 12.8. The van der Waals surface area contributed by atoms with E-state index in [-0.39, 0.29) is 11.7 Å². The number of benzene rings is 2. The number of nitrogens with zero attached hydrogens (tertiary/aromatic N) is 3. The van der Waals surface area contributed by atoms with Crippen molar-refractivity contribution in [1.29, 1.82) is 0 Å². The molecule has 1 aliphatic heterocycles. The highest BCUT2D eigenvalue weighted by Crippen LogP contribution is 2.28. The van der Waals surface area contributed by atoms with Gasteiger partial charge in [-0.05, 0) is 19.1 Å². The van der Waals surface area contributed by atoms with E-state index in [0.717, 1.165) is 30.1 Å². The van der Waals surface area contributed by atoms with Crippen LogP contribution in [-0.2, 0) is 0 Å². The van der Waals surface area contributed by atoms with E-state index in [1.165, 1.54) is 5.56 Å². The Hall–Kier alpha value is -3.28. The van der Waals surface area contributed by atoms with E-state index < -0.39 is 0 Å². The van der Waals surface area contributed by atoms with Crippen molar-refractivity contribution in [2.45, 2.75) is 6.92 Å². The third-order valence-electron chi connectivity index (χ3n) is 5.06. The number of carbonyl (C=O) groups excluding carboxylic acids is 1. The molecule has 144 valence electrons. The molecule has 0 saturated carbocycles. The van der Waals surface area contributed by atoms with Crippen LogP contribution >= 0.6 is 0 Å². The molecule has 28 heavy (non-hydrogen) atoms. The van der Waals surface area contributed by atoms with Crippen molar-refractivity contribution < 1.29 is 14.1 Å². The van der Waals surface area contributed by atoms with Gasteiger partial charge in [0.2, 0.25) is 5.76 Å². The van der Waals surface area contributed by atoms with Crippen LogP contribution in [0, 0.1) is 6.92 Å². The van der Waals surface area contributed by atoms with Crippen molar-refractivity contribution in [3.8, 4) is 17.0 Å². The highest BCUT2D eigenvalue weighted by molar-refractivity contribution is 5.92. The fourth-order valence-corrected chi connectivity index (χ4v) is 3.43. The van der Waals surface area contributed by atoms with E-state index in [1.54, 1.807) is 13.2 Å². The van der Waals surface area contributed by atoms with E-state index in [1.807, 2.05) is 60.4 Å². The molecular weight excluding hydrogens is 354 g/mol. The van der Waals surface area contributed by atoms with Gasteiger partial charge in [-0.15, -0.1) is 0 Å². The van der Waals surface area contributed by atoms with Gasteiger partial charge < -0.3 is 19.1 Å². The molecule has 0 spiro atoms. The third-order valence-corrected chi connectivity index (χ3v) is 5.06. The molecule has 2 heterocycles. The normalized spacial score (nSPS) is 14.2. The molecule has 0 aliphatic carbocycles. The minimum Gasteiger partial charge on any atom is -0.495 e. The molecule has 6 heteroatoms. The van der Waals surface area contributed by atoms with Gasteiger partial charge in [-0.2, -0.15) is 0 Å². The molecule has 1 aliphatic rings. The van der Waals surface area contributed by atoms with Gasteiger partial charge >= 0.3 is 0 Å². The number of amides is 1. The average Bonchev–Trinajstić information content (AvgIpc) is 3.24. The summed E-state index contributed by atoms with van der Waals surface area (Å²) < 4.78 is 10.8. The largest absolute Gasteiger partial charge is 0.495 e. The number of aryl methyl sites for hydroxylation is 1. The highest BCUT2D eigenvalue weighted by Gasteiger charge is 2.26. The quantitative estimate of drug-likeness (QED) is 0.695. The van der Waals surface area contributed by atoms with Crippen molar-refractivity contribution >= 4 is 11.6 Å². The Balaban J connectivity index is 1.42. The number of hydrogen-bond acceptors (Lipinski definition) is 5. The third kappa shape index (κ3) is 3.58. The number of anilines is 1. The van der Waals surface area contributed by atoms with Crippen molar-refractivity contribution in [1.82, 2.24) is 10.1 Å². The number of ether oxygens (including phenoxy) is 1. The lowest BCUT2D eigenvalue weighted by atomic mass is 10.1. The Morgan fingerprint density at radius 3 is 2.46 bits per heavy atom. The first kappa shape index (κ1) is 18.1. The summed E-state index contributed by atoms with van der Waals surface area (Å²) in [5, 5.41) is 4.07.